The molecule has 0 saturated heterocycles. The summed E-state index contributed by atoms with van der Waals surface area (Å²) in [5.41, 5.74) is 9.98. The van der Waals surface area contributed by atoms with E-state index in [4.69, 9.17) is 16.2 Å². The summed E-state index contributed by atoms with van der Waals surface area (Å²) in [6.45, 7) is 2.36. The van der Waals surface area contributed by atoms with Gasteiger partial charge in [0, 0.05) is 6.61 Å². The highest BCUT2D eigenvalue weighted by molar-refractivity contribution is 5.81. The molecule has 0 aliphatic carbocycles. The van der Waals surface area contributed by atoms with E-state index < -0.39 is 36.2 Å². The zero-order valence-electron chi connectivity index (χ0n) is 15.1. The standard InChI is InChI=1S/C17H34N2O6/c1-2-3-4-5-6-7-8-9-10-11-25-15(17(19)24)13(21)12(20)14(22)16(18)23/h12-15,20-22H,2-11H2,1H3,(H2,18,23)(H2,19,24)/t12-,13-,14-,15+/m0/s1. The molecule has 0 unspecified atom stereocenters. The second-order valence-electron chi connectivity index (χ2n) is 6.35. The summed E-state index contributed by atoms with van der Waals surface area (Å²) in [7, 11) is 0. The first kappa shape index (κ1) is 23.8. The van der Waals surface area contributed by atoms with Crippen molar-refractivity contribution in [1.29, 1.82) is 0 Å². The first-order valence-corrected chi connectivity index (χ1v) is 9.07. The van der Waals surface area contributed by atoms with Crippen molar-refractivity contribution in [3.05, 3.63) is 0 Å². The second-order valence-corrected chi connectivity index (χ2v) is 6.35. The summed E-state index contributed by atoms with van der Waals surface area (Å²) in [5.74, 6) is -2.20. The monoisotopic (exact) mass is 362 g/mol. The molecule has 0 aliphatic heterocycles. The molecule has 7 N–H and O–H groups in total. The van der Waals surface area contributed by atoms with Gasteiger partial charge in [-0.3, -0.25) is 9.59 Å². The number of rotatable bonds is 16. The van der Waals surface area contributed by atoms with Crippen molar-refractivity contribution in [3.8, 4) is 0 Å². The Morgan fingerprint density at radius 3 is 1.72 bits per heavy atom. The topological polar surface area (TPSA) is 156 Å². The quantitative estimate of drug-likeness (QED) is 0.242. The number of carbonyl (C=O) groups excluding carboxylic acids is 2. The predicted molar refractivity (Wildman–Crippen MR) is 93.4 cm³/mol. The number of hydrogen-bond acceptors (Lipinski definition) is 6. The minimum atomic E-state index is -2.01. The molecule has 8 nitrogen and oxygen atoms in total. The van der Waals surface area contributed by atoms with Crippen molar-refractivity contribution in [1.82, 2.24) is 0 Å². The second kappa shape index (κ2) is 14.0. The molecular weight excluding hydrogens is 328 g/mol. The number of unbranched alkanes of at least 4 members (excludes halogenated alkanes) is 8. The van der Waals surface area contributed by atoms with Crippen LogP contribution >= 0.6 is 0 Å². The third kappa shape index (κ3) is 10.4. The highest BCUT2D eigenvalue weighted by atomic mass is 16.5. The van der Waals surface area contributed by atoms with Gasteiger partial charge in [0.25, 0.3) is 0 Å². The number of primary amides is 2. The van der Waals surface area contributed by atoms with Crippen molar-refractivity contribution >= 4 is 11.8 Å². The van der Waals surface area contributed by atoms with Gasteiger partial charge in [-0.25, -0.2) is 0 Å². The molecule has 0 aromatic heterocycles. The zero-order valence-corrected chi connectivity index (χ0v) is 15.1. The van der Waals surface area contributed by atoms with Crippen LogP contribution in [0.25, 0.3) is 0 Å². The lowest BCUT2D eigenvalue weighted by atomic mass is 10.0. The van der Waals surface area contributed by atoms with Crippen LogP contribution in [0.3, 0.4) is 0 Å². The van der Waals surface area contributed by atoms with Gasteiger partial charge in [0.05, 0.1) is 0 Å². The van der Waals surface area contributed by atoms with E-state index in [9.17, 15) is 24.9 Å². The van der Waals surface area contributed by atoms with Crippen LogP contribution in [0.5, 0.6) is 0 Å². The first-order valence-electron chi connectivity index (χ1n) is 9.07. The van der Waals surface area contributed by atoms with E-state index >= 15 is 0 Å². The molecule has 0 saturated carbocycles. The molecule has 0 bridgehead atoms. The maximum Gasteiger partial charge on any atom is 0.249 e. The number of amides is 2. The van der Waals surface area contributed by atoms with Gasteiger partial charge < -0.3 is 31.5 Å². The maximum absolute atomic E-state index is 11.4. The number of hydrogen-bond donors (Lipinski definition) is 5. The number of ether oxygens (including phenoxy) is 1. The summed E-state index contributed by atoms with van der Waals surface area (Å²) >= 11 is 0. The average Bonchev–Trinajstić information content (AvgIpc) is 2.57. The molecule has 2 amide bonds. The van der Waals surface area contributed by atoms with Crippen molar-refractivity contribution < 1.29 is 29.6 Å². The molecule has 148 valence electrons. The molecule has 0 aromatic carbocycles. The van der Waals surface area contributed by atoms with Gasteiger partial charge >= 0.3 is 0 Å². The van der Waals surface area contributed by atoms with Crippen LogP contribution in [0.2, 0.25) is 0 Å². The Kier molecular flexibility index (Phi) is 13.3. The molecule has 25 heavy (non-hydrogen) atoms. The van der Waals surface area contributed by atoms with Crippen LogP contribution < -0.4 is 11.5 Å². The Bertz CT molecular complexity index is 380. The fraction of sp³-hybridized carbons (Fsp3) is 0.882. The summed E-state index contributed by atoms with van der Waals surface area (Å²) in [4.78, 5) is 22.2. The van der Waals surface area contributed by atoms with Crippen LogP contribution in [0, 0.1) is 0 Å². The Hall–Kier alpha value is -1.22. The van der Waals surface area contributed by atoms with E-state index in [2.05, 4.69) is 6.92 Å². The summed E-state index contributed by atoms with van der Waals surface area (Å²) in [6.07, 6.45) is 2.75. The highest BCUT2D eigenvalue weighted by Gasteiger charge is 2.37. The predicted octanol–water partition coefficient (Wildman–Crippen LogP) is -0.0443. The fourth-order valence-electron chi connectivity index (χ4n) is 2.51. The minimum Gasteiger partial charge on any atom is -0.387 e. The van der Waals surface area contributed by atoms with E-state index in [1.54, 1.807) is 0 Å². The highest BCUT2D eigenvalue weighted by Crippen LogP contribution is 2.12. The molecule has 4 atom stereocenters. The van der Waals surface area contributed by atoms with Gasteiger partial charge in [0.2, 0.25) is 11.8 Å². The number of carbonyl (C=O) groups is 2. The largest absolute Gasteiger partial charge is 0.387 e. The van der Waals surface area contributed by atoms with Gasteiger partial charge in [-0.05, 0) is 6.42 Å². The Morgan fingerprint density at radius 1 is 0.800 bits per heavy atom. The first-order chi connectivity index (χ1) is 11.8. The van der Waals surface area contributed by atoms with E-state index in [0.29, 0.717) is 6.42 Å². The lowest BCUT2D eigenvalue weighted by Gasteiger charge is -2.26. The molecule has 0 rings (SSSR count). The third-order valence-corrected chi connectivity index (χ3v) is 4.10. The van der Waals surface area contributed by atoms with Crippen LogP contribution in [-0.4, -0.2) is 58.2 Å². The van der Waals surface area contributed by atoms with Crippen molar-refractivity contribution in [3.63, 3.8) is 0 Å². The van der Waals surface area contributed by atoms with Crippen LogP contribution in [0.4, 0.5) is 0 Å². The van der Waals surface area contributed by atoms with Crippen LogP contribution in [0.1, 0.15) is 64.7 Å². The molecule has 0 radical (unpaired) electrons. The Morgan fingerprint density at radius 2 is 1.28 bits per heavy atom. The number of aliphatic hydroxyl groups is 3. The molecule has 0 spiro atoms. The number of aliphatic hydroxyl groups excluding tert-OH is 3. The molecule has 0 heterocycles. The van der Waals surface area contributed by atoms with Crippen molar-refractivity contribution in [2.45, 2.75) is 89.1 Å². The minimum absolute atomic E-state index is 0.180. The van der Waals surface area contributed by atoms with E-state index in [1.165, 1.54) is 32.1 Å². The molecule has 0 fully saturated rings. The molecule has 8 heteroatoms. The Labute approximate surface area is 149 Å². The van der Waals surface area contributed by atoms with Crippen molar-refractivity contribution in [2.24, 2.45) is 11.5 Å². The van der Waals surface area contributed by atoms with Crippen LogP contribution in [-0.2, 0) is 14.3 Å². The van der Waals surface area contributed by atoms with E-state index in [1.807, 2.05) is 0 Å². The molecular formula is C17H34N2O6. The van der Waals surface area contributed by atoms with E-state index in [0.717, 1.165) is 19.3 Å². The average molecular weight is 362 g/mol. The number of nitrogens with two attached hydrogens (primary N) is 2. The molecule has 0 aliphatic rings. The van der Waals surface area contributed by atoms with Gasteiger partial charge in [-0.2, -0.15) is 0 Å². The Balaban J connectivity index is 4.01. The fourth-order valence-corrected chi connectivity index (χ4v) is 2.51. The van der Waals surface area contributed by atoms with Gasteiger partial charge in [0.1, 0.15) is 12.2 Å². The summed E-state index contributed by atoms with van der Waals surface area (Å²) in [5, 5.41) is 28.9. The normalized spacial score (nSPS) is 16.2. The SMILES string of the molecule is CCCCCCCCCCCO[C@@H](C(N)=O)[C@@H](O)[C@H](O)[C@H](O)C(N)=O. The van der Waals surface area contributed by atoms with Gasteiger partial charge in [-0.1, -0.05) is 58.3 Å². The van der Waals surface area contributed by atoms with E-state index in [-0.39, 0.29) is 6.61 Å². The maximum atomic E-state index is 11.4. The smallest absolute Gasteiger partial charge is 0.249 e. The summed E-state index contributed by atoms with van der Waals surface area (Å²) < 4.78 is 5.23. The van der Waals surface area contributed by atoms with Gasteiger partial charge in [-0.15, -0.1) is 0 Å². The zero-order chi connectivity index (χ0) is 19.2. The van der Waals surface area contributed by atoms with Crippen molar-refractivity contribution in [2.75, 3.05) is 6.61 Å². The summed E-state index contributed by atoms with van der Waals surface area (Å²) in [6, 6.07) is 0. The molecule has 0 aromatic rings. The van der Waals surface area contributed by atoms with Gasteiger partial charge in [0.15, 0.2) is 12.2 Å². The third-order valence-electron chi connectivity index (χ3n) is 4.10. The van der Waals surface area contributed by atoms with Crippen LogP contribution in [0.15, 0.2) is 0 Å². The lowest BCUT2D eigenvalue weighted by molar-refractivity contribution is -0.158. The lowest BCUT2D eigenvalue weighted by Crippen LogP contribution is -2.53.